The lowest BCUT2D eigenvalue weighted by Crippen LogP contribution is -2.60. The van der Waals surface area contributed by atoms with Crippen LogP contribution in [0.5, 0.6) is 0 Å². The predicted molar refractivity (Wildman–Crippen MR) is 106 cm³/mol. The van der Waals surface area contributed by atoms with Gasteiger partial charge in [-0.3, -0.25) is 4.79 Å². The number of rotatable bonds is 6. The lowest BCUT2D eigenvalue weighted by molar-refractivity contribution is -0.286. The van der Waals surface area contributed by atoms with Crippen LogP contribution in [0.15, 0.2) is 54.6 Å². The highest BCUT2D eigenvalue weighted by molar-refractivity contribution is 5.78. The van der Waals surface area contributed by atoms with E-state index in [0.29, 0.717) is 16.7 Å². The molecular formula is C22H24O9. The maximum absolute atomic E-state index is 12.6. The molecule has 2 aromatic carbocycles. The van der Waals surface area contributed by atoms with Gasteiger partial charge in [-0.2, -0.15) is 0 Å². The molecule has 9 nitrogen and oxygen atoms in total. The van der Waals surface area contributed by atoms with Crippen molar-refractivity contribution in [3.8, 4) is 0 Å². The third-order valence-electron chi connectivity index (χ3n) is 5.24. The van der Waals surface area contributed by atoms with Crippen LogP contribution in [-0.2, 0) is 19.1 Å². The first kappa shape index (κ1) is 22.9. The van der Waals surface area contributed by atoms with Crippen molar-refractivity contribution in [2.75, 3.05) is 0 Å². The van der Waals surface area contributed by atoms with Gasteiger partial charge in [0, 0.05) is 0 Å². The van der Waals surface area contributed by atoms with Crippen LogP contribution in [0.25, 0.3) is 0 Å². The van der Waals surface area contributed by atoms with Crippen LogP contribution in [-0.4, -0.2) is 68.2 Å². The molecule has 31 heavy (non-hydrogen) atoms. The minimum atomic E-state index is -1.88. The van der Waals surface area contributed by atoms with Gasteiger partial charge < -0.3 is 35.0 Å². The lowest BCUT2D eigenvalue weighted by Gasteiger charge is -2.38. The van der Waals surface area contributed by atoms with Crippen LogP contribution in [0, 0.1) is 0 Å². The standard InChI is InChI=1S/C22H24O9/c1-11(13-8-5-9-14(10-13)15(23)12-6-3-2-4-7-12)21(29)31-22-18(26)16(24)17(25)19(30-22)20(27)28/h2-11,15-19,22-26H,1H3,(H,27,28). The Morgan fingerprint density at radius 1 is 0.903 bits per heavy atom. The molecule has 0 amide bonds. The molecule has 9 heteroatoms. The Hall–Kier alpha value is -2.82. The second-order valence-corrected chi connectivity index (χ2v) is 7.38. The minimum absolute atomic E-state index is 0.512. The molecule has 0 aliphatic carbocycles. The molecule has 1 aliphatic heterocycles. The SMILES string of the molecule is CC(C(=O)OC1OC(C(=O)O)C(O)C(O)C1O)c1cccc(C(O)c2ccccc2)c1. The summed E-state index contributed by atoms with van der Waals surface area (Å²) < 4.78 is 10.1. The van der Waals surface area contributed by atoms with E-state index in [1.165, 1.54) is 6.92 Å². The summed E-state index contributed by atoms with van der Waals surface area (Å²) in [6, 6.07) is 15.7. The monoisotopic (exact) mass is 432 g/mol. The fourth-order valence-corrected chi connectivity index (χ4v) is 3.33. The summed E-state index contributed by atoms with van der Waals surface area (Å²) in [6.45, 7) is 1.53. The number of carbonyl (C=O) groups is 2. The van der Waals surface area contributed by atoms with Crippen LogP contribution in [0.2, 0.25) is 0 Å². The summed E-state index contributed by atoms with van der Waals surface area (Å²) in [5, 5.41) is 49.3. The smallest absolute Gasteiger partial charge is 0.335 e. The van der Waals surface area contributed by atoms with Crippen molar-refractivity contribution in [2.45, 2.75) is 49.7 Å². The summed E-state index contributed by atoms with van der Waals surface area (Å²) in [4.78, 5) is 23.8. The Labute approximate surface area is 178 Å². The maximum Gasteiger partial charge on any atom is 0.335 e. The topological polar surface area (TPSA) is 154 Å². The Morgan fingerprint density at radius 2 is 1.52 bits per heavy atom. The van der Waals surface area contributed by atoms with Crippen LogP contribution < -0.4 is 0 Å². The van der Waals surface area contributed by atoms with E-state index in [1.54, 1.807) is 48.5 Å². The van der Waals surface area contributed by atoms with Crippen molar-refractivity contribution in [3.05, 3.63) is 71.3 Å². The molecule has 3 rings (SSSR count). The van der Waals surface area contributed by atoms with E-state index in [-0.39, 0.29) is 0 Å². The lowest BCUT2D eigenvalue weighted by atomic mass is 9.95. The fraction of sp³-hybridized carbons (Fsp3) is 0.364. The van der Waals surface area contributed by atoms with Crippen LogP contribution in [0.3, 0.4) is 0 Å². The third-order valence-corrected chi connectivity index (χ3v) is 5.24. The first-order valence-corrected chi connectivity index (χ1v) is 9.66. The summed E-state index contributed by atoms with van der Waals surface area (Å²) in [6.07, 6.45) is -10.1. The molecule has 1 saturated heterocycles. The van der Waals surface area contributed by atoms with E-state index in [1.807, 2.05) is 6.07 Å². The van der Waals surface area contributed by atoms with Crippen molar-refractivity contribution >= 4 is 11.9 Å². The van der Waals surface area contributed by atoms with Crippen LogP contribution in [0.1, 0.15) is 35.6 Å². The van der Waals surface area contributed by atoms with Gasteiger partial charge in [-0.1, -0.05) is 54.6 Å². The third kappa shape index (κ3) is 4.92. The molecule has 7 unspecified atom stereocenters. The van der Waals surface area contributed by atoms with Crippen LogP contribution >= 0.6 is 0 Å². The van der Waals surface area contributed by atoms with Crippen molar-refractivity contribution in [1.29, 1.82) is 0 Å². The number of aliphatic hydroxyl groups excluding tert-OH is 4. The van der Waals surface area contributed by atoms with Gasteiger partial charge in [-0.05, 0) is 23.6 Å². The fourth-order valence-electron chi connectivity index (χ4n) is 3.33. The molecule has 1 heterocycles. The summed E-state index contributed by atoms with van der Waals surface area (Å²) in [7, 11) is 0. The Kier molecular flexibility index (Phi) is 7.04. The molecule has 7 atom stereocenters. The van der Waals surface area contributed by atoms with Crippen molar-refractivity contribution in [3.63, 3.8) is 0 Å². The van der Waals surface area contributed by atoms with Gasteiger partial charge in [0.25, 0.3) is 0 Å². The Balaban J connectivity index is 1.73. The van der Waals surface area contributed by atoms with Gasteiger partial charge in [0.2, 0.25) is 6.29 Å². The molecule has 0 aromatic heterocycles. The van der Waals surface area contributed by atoms with E-state index in [4.69, 9.17) is 14.6 Å². The van der Waals surface area contributed by atoms with E-state index < -0.39 is 54.7 Å². The molecule has 2 aromatic rings. The van der Waals surface area contributed by atoms with Crippen molar-refractivity contribution < 1.29 is 44.6 Å². The molecule has 5 N–H and O–H groups in total. The number of esters is 1. The van der Waals surface area contributed by atoms with Crippen molar-refractivity contribution in [1.82, 2.24) is 0 Å². The predicted octanol–water partition coefficient (Wildman–Crippen LogP) is 0.307. The van der Waals surface area contributed by atoms with Gasteiger partial charge in [-0.15, -0.1) is 0 Å². The highest BCUT2D eigenvalue weighted by atomic mass is 16.7. The molecule has 0 spiro atoms. The first-order valence-electron chi connectivity index (χ1n) is 9.66. The number of carbonyl (C=O) groups excluding carboxylic acids is 1. The zero-order valence-corrected chi connectivity index (χ0v) is 16.6. The van der Waals surface area contributed by atoms with Gasteiger partial charge in [0.05, 0.1) is 5.92 Å². The number of benzene rings is 2. The highest BCUT2D eigenvalue weighted by Crippen LogP contribution is 2.28. The van der Waals surface area contributed by atoms with E-state index in [0.717, 1.165) is 0 Å². The molecule has 0 saturated carbocycles. The number of carboxylic acid groups (broad SMARTS) is 1. The maximum atomic E-state index is 12.6. The summed E-state index contributed by atoms with van der Waals surface area (Å²) in [5.74, 6) is -3.27. The van der Waals surface area contributed by atoms with Gasteiger partial charge in [-0.25, -0.2) is 4.79 Å². The second-order valence-electron chi connectivity index (χ2n) is 7.38. The summed E-state index contributed by atoms with van der Waals surface area (Å²) >= 11 is 0. The normalized spacial score (nSPS) is 27.8. The number of carboxylic acids is 1. The number of hydrogen-bond acceptors (Lipinski definition) is 8. The molecule has 0 radical (unpaired) electrons. The molecular weight excluding hydrogens is 408 g/mol. The van der Waals surface area contributed by atoms with E-state index in [2.05, 4.69) is 0 Å². The number of aliphatic hydroxyl groups is 4. The quantitative estimate of drug-likeness (QED) is 0.406. The van der Waals surface area contributed by atoms with Crippen molar-refractivity contribution in [2.24, 2.45) is 0 Å². The molecule has 0 bridgehead atoms. The largest absolute Gasteiger partial charge is 0.479 e. The van der Waals surface area contributed by atoms with Gasteiger partial charge in [0.1, 0.15) is 24.4 Å². The molecule has 1 aliphatic rings. The number of hydrogen-bond donors (Lipinski definition) is 5. The molecule has 1 fully saturated rings. The summed E-state index contributed by atoms with van der Waals surface area (Å²) in [5.41, 5.74) is 1.75. The second kappa shape index (κ2) is 9.54. The van der Waals surface area contributed by atoms with E-state index in [9.17, 15) is 30.0 Å². The molecule has 166 valence electrons. The van der Waals surface area contributed by atoms with Gasteiger partial charge >= 0.3 is 11.9 Å². The zero-order valence-electron chi connectivity index (χ0n) is 16.6. The van der Waals surface area contributed by atoms with Gasteiger partial charge in [0.15, 0.2) is 6.10 Å². The minimum Gasteiger partial charge on any atom is -0.479 e. The average molecular weight is 432 g/mol. The zero-order chi connectivity index (χ0) is 22.7. The van der Waals surface area contributed by atoms with Crippen LogP contribution in [0.4, 0.5) is 0 Å². The number of aliphatic carboxylic acids is 1. The average Bonchev–Trinajstić information content (AvgIpc) is 2.78. The Bertz CT molecular complexity index is 916. The van der Waals surface area contributed by atoms with E-state index >= 15 is 0 Å². The highest BCUT2D eigenvalue weighted by Gasteiger charge is 2.48. The Morgan fingerprint density at radius 3 is 2.16 bits per heavy atom. The first-order chi connectivity index (χ1) is 14.7. The number of ether oxygens (including phenoxy) is 2.